The predicted molar refractivity (Wildman–Crippen MR) is 61.8 cm³/mol. The van der Waals surface area contributed by atoms with Crippen LogP contribution in [0.3, 0.4) is 0 Å². The molecule has 0 aromatic carbocycles. The summed E-state index contributed by atoms with van der Waals surface area (Å²) in [6.45, 7) is 5.74. The summed E-state index contributed by atoms with van der Waals surface area (Å²) in [4.78, 5) is 11.8. The van der Waals surface area contributed by atoms with Crippen molar-refractivity contribution >= 4 is 11.7 Å². The van der Waals surface area contributed by atoms with Crippen LogP contribution < -0.4 is 5.32 Å². The molecule has 2 aromatic rings. The highest BCUT2D eigenvalue weighted by molar-refractivity contribution is 6.01. The summed E-state index contributed by atoms with van der Waals surface area (Å²) in [7, 11) is 0. The molecule has 17 heavy (non-hydrogen) atoms. The van der Waals surface area contributed by atoms with Crippen molar-refractivity contribution < 1.29 is 9.32 Å². The minimum atomic E-state index is -0.326. The Hall–Kier alpha value is -2.11. The van der Waals surface area contributed by atoms with Crippen molar-refractivity contribution in [1.82, 2.24) is 14.9 Å². The average Bonchev–Trinajstić information content (AvgIpc) is 2.86. The summed E-state index contributed by atoms with van der Waals surface area (Å²) >= 11 is 0. The Balaban J connectivity index is 2.16. The highest BCUT2D eigenvalue weighted by Crippen LogP contribution is 2.14. The largest absolute Gasteiger partial charge is 0.351 e. The number of nitrogens with zero attached hydrogens (tertiary/aromatic N) is 3. The molecule has 6 nitrogen and oxygen atoms in total. The van der Waals surface area contributed by atoms with Crippen LogP contribution in [0.5, 0.6) is 0 Å². The second-order valence-electron chi connectivity index (χ2n) is 4.04. The molecular formula is C11H14N4O2. The Morgan fingerprint density at radius 3 is 2.88 bits per heavy atom. The average molecular weight is 234 g/mol. The first-order valence-electron chi connectivity index (χ1n) is 5.36. The molecule has 2 rings (SSSR count). The molecule has 90 valence electrons. The molecule has 0 spiro atoms. The van der Waals surface area contributed by atoms with E-state index >= 15 is 0 Å². The maximum atomic E-state index is 11.8. The molecule has 0 bridgehead atoms. The summed E-state index contributed by atoms with van der Waals surface area (Å²) in [5.41, 5.74) is 0.674. The Bertz CT molecular complexity index is 527. The minimum Gasteiger partial charge on any atom is -0.351 e. The number of carbonyl (C=O) groups is 1. The Kier molecular flexibility index (Phi) is 2.95. The van der Waals surface area contributed by atoms with Crippen LogP contribution in [0.25, 0.3) is 0 Å². The van der Waals surface area contributed by atoms with Crippen LogP contribution in [0.15, 0.2) is 22.9 Å². The molecule has 0 saturated carbocycles. The summed E-state index contributed by atoms with van der Waals surface area (Å²) in [6, 6.07) is 3.50. The number of rotatable bonds is 3. The van der Waals surface area contributed by atoms with Gasteiger partial charge in [0.05, 0.1) is 11.9 Å². The zero-order valence-electron chi connectivity index (χ0n) is 9.97. The molecular weight excluding hydrogens is 220 g/mol. The van der Waals surface area contributed by atoms with Gasteiger partial charge in [-0.15, -0.1) is 0 Å². The van der Waals surface area contributed by atoms with Gasteiger partial charge in [-0.25, -0.2) is 4.68 Å². The van der Waals surface area contributed by atoms with Crippen LogP contribution in [0.2, 0.25) is 0 Å². The first kappa shape index (κ1) is 11.4. The maximum Gasteiger partial charge on any atom is 0.295 e. The second-order valence-corrected chi connectivity index (χ2v) is 4.04. The second kappa shape index (κ2) is 4.40. The van der Waals surface area contributed by atoms with E-state index in [1.54, 1.807) is 29.9 Å². The number of aryl methyl sites for hydroxylation is 1. The zero-order chi connectivity index (χ0) is 12.4. The van der Waals surface area contributed by atoms with E-state index in [9.17, 15) is 4.79 Å². The molecule has 0 aliphatic carbocycles. The molecule has 6 heteroatoms. The number of hydrogen-bond acceptors (Lipinski definition) is 4. The van der Waals surface area contributed by atoms with E-state index in [0.29, 0.717) is 11.5 Å². The van der Waals surface area contributed by atoms with Gasteiger partial charge in [0.1, 0.15) is 5.82 Å². The third kappa shape index (κ3) is 2.35. The van der Waals surface area contributed by atoms with E-state index in [4.69, 9.17) is 4.52 Å². The summed E-state index contributed by atoms with van der Waals surface area (Å²) in [6.07, 6.45) is 1.64. The Morgan fingerprint density at radius 1 is 1.53 bits per heavy atom. The molecule has 0 unspecified atom stereocenters. The van der Waals surface area contributed by atoms with E-state index < -0.39 is 0 Å². The number of aromatic nitrogens is 3. The lowest BCUT2D eigenvalue weighted by Crippen LogP contribution is -2.16. The molecule has 2 heterocycles. The summed E-state index contributed by atoms with van der Waals surface area (Å²) in [5.74, 6) is 0.506. The first-order chi connectivity index (χ1) is 8.08. The highest BCUT2D eigenvalue weighted by Gasteiger charge is 2.14. The topological polar surface area (TPSA) is 73.0 Å². The standard InChI is InChI=1S/C11H14N4O2/c1-7(2)15-10(4-5-12-15)13-11(16)9-6-8(3)14-17-9/h4-7H,1-3H3,(H,13,16). The lowest BCUT2D eigenvalue weighted by atomic mass is 10.3. The fourth-order valence-corrected chi connectivity index (χ4v) is 1.47. The van der Waals surface area contributed by atoms with Crippen LogP contribution in [-0.4, -0.2) is 20.8 Å². The van der Waals surface area contributed by atoms with Gasteiger partial charge in [-0.3, -0.25) is 4.79 Å². The molecule has 0 aliphatic heterocycles. The fourth-order valence-electron chi connectivity index (χ4n) is 1.47. The molecule has 2 aromatic heterocycles. The van der Waals surface area contributed by atoms with Crippen molar-refractivity contribution in [2.75, 3.05) is 5.32 Å². The van der Waals surface area contributed by atoms with Gasteiger partial charge in [-0.2, -0.15) is 5.10 Å². The molecule has 0 fully saturated rings. The number of amides is 1. The van der Waals surface area contributed by atoms with Gasteiger partial charge in [0, 0.05) is 18.2 Å². The van der Waals surface area contributed by atoms with Crippen molar-refractivity contribution in [2.45, 2.75) is 26.8 Å². The lowest BCUT2D eigenvalue weighted by molar-refractivity contribution is 0.0986. The van der Waals surface area contributed by atoms with Crippen molar-refractivity contribution in [3.8, 4) is 0 Å². The maximum absolute atomic E-state index is 11.8. The molecule has 1 N–H and O–H groups in total. The molecule has 0 saturated heterocycles. The molecule has 0 aliphatic rings. The van der Waals surface area contributed by atoms with Crippen LogP contribution >= 0.6 is 0 Å². The van der Waals surface area contributed by atoms with Gasteiger partial charge in [-0.1, -0.05) is 5.16 Å². The van der Waals surface area contributed by atoms with E-state index in [0.717, 1.165) is 0 Å². The first-order valence-corrected chi connectivity index (χ1v) is 5.36. The zero-order valence-corrected chi connectivity index (χ0v) is 9.97. The smallest absolute Gasteiger partial charge is 0.295 e. The van der Waals surface area contributed by atoms with Crippen LogP contribution in [-0.2, 0) is 0 Å². The van der Waals surface area contributed by atoms with Gasteiger partial charge in [0.25, 0.3) is 5.91 Å². The normalized spacial score (nSPS) is 10.8. The van der Waals surface area contributed by atoms with E-state index in [1.165, 1.54) is 0 Å². The van der Waals surface area contributed by atoms with Gasteiger partial charge in [0.2, 0.25) is 5.76 Å². The summed E-state index contributed by atoms with van der Waals surface area (Å²) in [5, 5.41) is 10.5. The minimum absolute atomic E-state index is 0.178. The van der Waals surface area contributed by atoms with Crippen molar-refractivity contribution in [1.29, 1.82) is 0 Å². The van der Waals surface area contributed by atoms with Gasteiger partial charge in [0.15, 0.2) is 0 Å². The third-order valence-corrected chi connectivity index (χ3v) is 2.25. The van der Waals surface area contributed by atoms with Crippen LogP contribution in [0.1, 0.15) is 36.1 Å². The quantitative estimate of drug-likeness (QED) is 0.881. The van der Waals surface area contributed by atoms with E-state index in [-0.39, 0.29) is 17.7 Å². The Morgan fingerprint density at radius 2 is 2.29 bits per heavy atom. The van der Waals surface area contributed by atoms with Gasteiger partial charge in [-0.05, 0) is 20.8 Å². The number of anilines is 1. The van der Waals surface area contributed by atoms with E-state index in [2.05, 4.69) is 15.6 Å². The molecule has 1 amide bonds. The van der Waals surface area contributed by atoms with Crippen LogP contribution in [0, 0.1) is 6.92 Å². The monoisotopic (exact) mass is 234 g/mol. The van der Waals surface area contributed by atoms with Gasteiger partial charge >= 0.3 is 0 Å². The fraction of sp³-hybridized carbons (Fsp3) is 0.364. The van der Waals surface area contributed by atoms with Crippen molar-refractivity contribution in [2.24, 2.45) is 0 Å². The third-order valence-electron chi connectivity index (χ3n) is 2.25. The lowest BCUT2D eigenvalue weighted by Gasteiger charge is -2.10. The summed E-state index contributed by atoms with van der Waals surface area (Å²) < 4.78 is 6.61. The number of hydrogen-bond donors (Lipinski definition) is 1. The van der Waals surface area contributed by atoms with Crippen molar-refractivity contribution in [3.63, 3.8) is 0 Å². The number of nitrogens with one attached hydrogen (secondary N) is 1. The molecule has 0 atom stereocenters. The highest BCUT2D eigenvalue weighted by atomic mass is 16.5. The SMILES string of the molecule is Cc1cc(C(=O)Nc2ccnn2C(C)C)on1. The Labute approximate surface area is 98.6 Å². The van der Waals surface area contributed by atoms with Gasteiger partial charge < -0.3 is 9.84 Å². The van der Waals surface area contributed by atoms with Crippen molar-refractivity contribution in [3.05, 3.63) is 29.8 Å². The van der Waals surface area contributed by atoms with E-state index in [1.807, 2.05) is 13.8 Å². The van der Waals surface area contributed by atoms with Crippen LogP contribution in [0.4, 0.5) is 5.82 Å². The predicted octanol–water partition coefficient (Wildman–Crippen LogP) is 2.01. The number of carbonyl (C=O) groups excluding carboxylic acids is 1. The molecule has 0 radical (unpaired) electrons.